The third kappa shape index (κ3) is 6.99. The summed E-state index contributed by atoms with van der Waals surface area (Å²) in [5.74, 6) is -3.43. The van der Waals surface area contributed by atoms with Gasteiger partial charge in [0.05, 0.1) is 31.0 Å². The van der Waals surface area contributed by atoms with Gasteiger partial charge in [0.1, 0.15) is 6.10 Å². The number of fused-ring (bicyclic) bond motifs is 1. The Kier molecular flexibility index (Phi) is 8.89. The highest BCUT2D eigenvalue weighted by Gasteiger charge is 2.58. The van der Waals surface area contributed by atoms with Crippen LogP contribution in [0.2, 0.25) is 0 Å². The van der Waals surface area contributed by atoms with Crippen molar-refractivity contribution >= 4 is 5.91 Å². The summed E-state index contributed by atoms with van der Waals surface area (Å²) in [5, 5.41) is 2.87. The zero-order chi connectivity index (χ0) is 29.3. The summed E-state index contributed by atoms with van der Waals surface area (Å²) in [6, 6.07) is 8.45. The average Bonchev–Trinajstić information content (AvgIpc) is 3.20. The number of ether oxygens (including phenoxy) is 4. The van der Waals surface area contributed by atoms with E-state index in [0.29, 0.717) is 6.54 Å². The summed E-state index contributed by atoms with van der Waals surface area (Å²) in [6.07, 6.45) is -6.68. The van der Waals surface area contributed by atoms with E-state index >= 15 is 0 Å². The van der Waals surface area contributed by atoms with Gasteiger partial charge >= 0.3 is 6.18 Å². The van der Waals surface area contributed by atoms with Gasteiger partial charge in [0, 0.05) is 24.9 Å². The van der Waals surface area contributed by atoms with Gasteiger partial charge in [0.2, 0.25) is 0 Å². The van der Waals surface area contributed by atoms with Crippen molar-refractivity contribution in [2.75, 3.05) is 6.54 Å². The molecular weight excluding hydrogens is 537 g/mol. The quantitative estimate of drug-likeness (QED) is 0.379. The lowest BCUT2D eigenvalue weighted by molar-refractivity contribution is -0.183. The number of nitrogens with one attached hydrogen (secondary N) is 1. The molecule has 1 unspecified atom stereocenters. The van der Waals surface area contributed by atoms with Crippen molar-refractivity contribution in [3.63, 3.8) is 0 Å². The van der Waals surface area contributed by atoms with E-state index in [-0.39, 0.29) is 43.1 Å². The van der Waals surface area contributed by atoms with E-state index in [1.54, 1.807) is 13.8 Å². The van der Waals surface area contributed by atoms with E-state index in [4.69, 9.17) is 18.9 Å². The Morgan fingerprint density at radius 2 is 1.80 bits per heavy atom. The van der Waals surface area contributed by atoms with Crippen LogP contribution in [-0.2, 0) is 43.1 Å². The molecule has 6 nitrogen and oxygen atoms in total. The molecule has 2 aliphatic rings. The Morgan fingerprint density at radius 3 is 2.50 bits per heavy atom. The first-order valence-corrected chi connectivity index (χ1v) is 13.2. The van der Waals surface area contributed by atoms with E-state index in [2.05, 4.69) is 5.32 Å². The highest BCUT2D eigenvalue weighted by molar-refractivity contribution is 5.85. The zero-order valence-corrected chi connectivity index (χ0v) is 22.8. The zero-order valence-electron chi connectivity index (χ0n) is 22.8. The van der Waals surface area contributed by atoms with Crippen LogP contribution < -0.4 is 5.32 Å². The molecule has 1 aliphatic heterocycles. The van der Waals surface area contributed by atoms with Gasteiger partial charge in [-0.05, 0) is 43.5 Å². The van der Waals surface area contributed by atoms with E-state index in [1.165, 1.54) is 24.3 Å². The average molecular weight is 572 g/mol. The van der Waals surface area contributed by atoms with Gasteiger partial charge in [-0.25, -0.2) is 8.78 Å². The van der Waals surface area contributed by atoms with E-state index in [1.807, 2.05) is 13.8 Å². The number of hydrogen-bond donors (Lipinski definition) is 1. The van der Waals surface area contributed by atoms with Crippen LogP contribution in [0.15, 0.2) is 42.5 Å². The maximum absolute atomic E-state index is 14.3. The third-order valence-corrected chi connectivity index (χ3v) is 6.99. The standard InChI is InChI=1S/C29H34F5NO5/c1-17(2)14-35-26(36)28(38-15-18-7-5-9-20(11-18)29(32,33)34)12-22(25-23(13-28)39-27(3,4)40-25)37-16-19-8-6-10-21(30)24(19)31/h5-11,17,22-23,25H,12-16H2,1-4H3,(H,35,36)/t22?,23-,25+,28-/m1/s1. The molecule has 0 aromatic heterocycles. The summed E-state index contributed by atoms with van der Waals surface area (Å²) < 4.78 is 92.4. The maximum atomic E-state index is 14.3. The smallest absolute Gasteiger partial charge is 0.370 e. The van der Waals surface area contributed by atoms with Crippen molar-refractivity contribution in [2.24, 2.45) is 5.92 Å². The largest absolute Gasteiger partial charge is 0.416 e. The maximum Gasteiger partial charge on any atom is 0.416 e. The van der Waals surface area contributed by atoms with Crippen molar-refractivity contribution in [3.05, 3.63) is 70.8 Å². The highest BCUT2D eigenvalue weighted by atomic mass is 19.4. The molecule has 1 amide bonds. The van der Waals surface area contributed by atoms with Crippen LogP contribution in [0.25, 0.3) is 0 Å². The number of rotatable bonds is 9. The first-order chi connectivity index (χ1) is 18.7. The van der Waals surface area contributed by atoms with Gasteiger partial charge in [-0.15, -0.1) is 0 Å². The topological polar surface area (TPSA) is 66.0 Å². The second kappa shape index (κ2) is 11.7. The van der Waals surface area contributed by atoms with Crippen LogP contribution in [0.3, 0.4) is 0 Å². The molecule has 0 spiro atoms. The van der Waals surface area contributed by atoms with Gasteiger partial charge < -0.3 is 24.3 Å². The summed E-state index contributed by atoms with van der Waals surface area (Å²) in [4.78, 5) is 13.7. The monoisotopic (exact) mass is 571 g/mol. The lowest BCUT2D eigenvalue weighted by Gasteiger charge is -2.43. The molecule has 1 saturated carbocycles. The Labute approximate surface area is 230 Å². The third-order valence-electron chi connectivity index (χ3n) is 6.99. The molecule has 4 rings (SSSR count). The fourth-order valence-corrected chi connectivity index (χ4v) is 5.08. The van der Waals surface area contributed by atoms with Crippen molar-refractivity contribution in [1.29, 1.82) is 0 Å². The number of carbonyl (C=O) groups excluding carboxylic acids is 1. The second-order valence-corrected chi connectivity index (χ2v) is 11.2. The lowest BCUT2D eigenvalue weighted by atomic mass is 9.78. The number of halogens is 5. The van der Waals surface area contributed by atoms with Crippen molar-refractivity contribution in [3.8, 4) is 0 Å². The van der Waals surface area contributed by atoms with Gasteiger partial charge in [-0.1, -0.05) is 38.1 Å². The fraction of sp³-hybridized carbons (Fsp3) is 0.552. The van der Waals surface area contributed by atoms with Crippen molar-refractivity contribution < 1.29 is 45.7 Å². The molecule has 2 aromatic rings. The summed E-state index contributed by atoms with van der Waals surface area (Å²) in [5.41, 5.74) is -2.17. The van der Waals surface area contributed by atoms with Gasteiger partial charge in [-0.3, -0.25) is 4.79 Å². The predicted molar refractivity (Wildman–Crippen MR) is 135 cm³/mol. The summed E-state index contributed by atoms with van der Waals surface area (Å²) in [6.45, 7) is 7.00. The lowest BCUT2D eigenvalue weighted by Crippen LogP contribution is -2.60. The molecule has 11 heteroatoms. The normalized spacial score (nSPS) is 26.1. The Hall–Kier alpha value is -2.60. The van der Waals surface area contributed by atoms with Crippen LogP contribution in [0, 0.1) is 17.6 Å². The molecule has 40 heavy (non-hydrogen) atoms. The van der Waals surface area contributed by atoms with Gasteiger partial charge in [0.15, 0.2) is 23.0 Å². The molecular formula is C29H34F5NO5. The van der Waals surface area contributed by atoms with Gasteiger partial charge in [0.25, 0.3) is 5.91 Å². The molecule has 1 aliphatic carbocycles. The second-order valence-electron chi connectivity index (χ2n) is 11.2. The molecule has 2 aromatic carbocycles. The molecule has 4 atom stereocenters. The van der Waals surface area contributed by atoms with Crippen LogP contribution in [0.4, 0.5) is 22.0 Å². The van der Waals surface area contributed by atoms with Crippen molar-refractivity contribution in [1.82, 2.24) is 5.32 Å². The molecule has 0 radical (unpaired) electrons. The van der Waals surface area contributed by atoms with Crippen LogP contribution >= 0.6 is 0 Å². The summed E-state index contributed by atoms with van der Waals surface area (Å²) in [7, 11) is 0. The Morgan fingerprint density at radius 1 is 1.07 bits per heavy atom. The Balaban J connectivity index is 1.63. The predicted octanol–water partition coefficient (Wildman–Crippen LogP) is 5.91. The molecule has 2 fully saturated rings. The number of amides is 1. The van der Waals surface area contributed by atoms with Crippen LogP contribution in [0.1, 0.15) is 57.2 Å². The van der Waals surface area contributed by atoms with Gasteiger partial charge in [-0.2, -0.15) is 13.2 Å². The Bertz CT molecular complexity index is 1200. The first kappa shape index (κ1) is 30.4. The molecule has 1 N–H and O–H groups in total. The number of alkyl halides is 3. The van der Waals surface area contributed by atoms with Crippen LogP contribution in [0.5, 0.6) is 0 Å². The molecule has 220 valence electrons. The van der Waals surface area contributed by atoms with Crippen LogP contribution in [-0.4, -0.2) is 42.2 Å². The number of carbonyl (C=O) groups is 1. The minimum atomic E-state index is -4.54. The fourth-order valence-electron chi connectivity index (χ4n) is 5.08. The first-order valence-electron chi connectivity index (χ1n) is 13.2. The SMILES string of the molecule is CC(C)CNC(=O)[C@@]1(OCc2cccc(C(F)(F)F)c2)CC(OCc2cccc(F)c2F)[C@@H]2OC(C)(C)O[C@@H]2C1. The van der Waals surface area contributed by atoms with E-state index < -0.39 is 59.0 Å². The number of benzene rings is 2. The highest BCUT2D eigenvalue weighted by Crippen LogP contribution is 2.44. The number of hydrogen-bond acceptors (Lipinski definition) is 5. The molecule has 1 saturated heterocycles. The summed E-state index contributed by atoms with van der Waals surface area (Å²) >= 11 is 0. The van der Waals surface area contributed by atoms with E-state index in [0.717, 1.165) is 18.2 Å². The molecule has 0 bridgehead atoms. The van der Waals surface area contributed by atoms with Crippen molar-refractivity contribution in [2.45, 2.75) is 89.6 Å². The minimum absolute atomic E-state index is 0.0138. The van der Waals surface area contributed by atoms with E-state index in [9.17, 15) is 26.7 Å². The molecule has 1 heterocycles. The minimum Gasteiger partial charge on any atom is -0.370 e.